The van der Waals surface area contributed by atoms with Gasteiger partial charge in [0.25, 0.3) is 0 Å². The van der Waals surface area contributed by atoms with Gasteiger partial charge in [-0.3, -0.25) is 0 Å². The summed E-state index contributed by atoms with van der Waals surface area (Å²) in [5.74, 6) is 0.325. The highest BCUT2D eigenvalue weighted by Crippen LogP contribution is 2.23. The molecule has 5 nitrogen and oxygen atoms in total. The van der Waals surface area contributed by atoms with Crippen LogP contribution in [0.2, 0.25) is 0 Å². The molecule has 23 heavy (non-hydrogen) atoms. The van der Waals surface area contributed by atoms with Crippen molar-refractivity contribution in [2.45, 2.75) is 24.3 Å². The van der Waals surface area contributed by atoms with Gasteiger partial charge in [0, 0.05) is 6.54 Å². The molecule has 0 aliphatic carbocycles. The smallest absolute Gasteiger partial charge is 0.244 e. The highest BCUT2D eigenvalue weighted by atomic mass is 32.2. The maximum absolute atomic E-state index is 12.4. The summed E-state index contributed by atoms with van der Waals surface area (Å²) in [5.41, 5.74) is 0.765. The van der Waals surface area contributed by atoms with Gasteiger partial charge in [-0.05, 0) is 31.0 Å². The molecule has 2 rings (SSSR count). The number of hydrogen-bond acceptors (Lipinski definition) is 4. The lowest BCUT2D eigenvalue weighted by Crippen LogP contribution is -2.26. The molecule has 0 radical (unpaired) electrons. The van der Waals surface area contributed by atoms with E-state index in [1.807, 2.05) is 30.3 Å². The molecule has 0 aliphatic heterocycles. The zero-order valence-corrected chi connectivity index (χ0v) is 13.8. The van der Waals surface area contributed by atoms with Gasteiger partial charge in [0.1, 0.15) is 10.6 Å². The van der Waals surface area contributed by atoms with Crippen LogP contribution in [-0.2, 0) is 10.0 Å². The minimum atomic E-state index is -3.68. The second-order valence-corrected chi connectivity index (χ2v) is 6.73. The monoisotopic (exact) mass is 335 g/mol. The molecule has 0 amide bonds. The third-order valence-electron chi connectivity index (χ3n) is 3.33. The lowest BCUT2D eigenvalue weighted by Gasteiger charge is -2.13. The van der Waals surface area contributed by atoms with Crippen molar-refractivity contribution < 1.29 is 18.3 Å². The van der Waals surface area contributed by atoms with E-state index in [9.17, 15) is 13.5 Å². The number of aliphatic hydroxyl groups excluding tert-OH is 1. The zero-order valence-electron chi connectivity index (χ0n) is 13.0. The van der Waals surface area contributed by atoms with Gasteiger partial charge in [0.2, 0.25) is 10.0 Å². The van der Waals surface area contributed by atoms with E-state index in [0.717, 1.165) is 5.56 Å². The fourth-order valence-electron chi connectivity index (χ4n) is 2.20. The number of benzene rings is 2. The molecule has 0 spiro atoms. The van der Waals surface area contributed by atoms with Crippen molar-refractivity contribution >= 4 is 10.0 Å². The molecule has 0 saturated carbocycles. The van der Waals surface area contributed by atoms with Gasteiger partial charge in [-0.15, -0.1) is 0 Å². The summed E-state index contributed by atoms with van der Waals surface area (Å²) in [7, 11) is -3.68. The molecule has 6 heteroatoms. The standard InChI is InChI=1S/C17H21NO4S/c1-2-22-16-10-6-7-11-17(16)23(20,21)18-13-12-15(19)14-8-4-3-5-9-14/h3-11,15,18-19H,2,12-13H2,1H3/t15-/m0/s1. The average molecular weight is 335 g/mol. The third kappa shape index (κ3) is 4.79. The van der Waals surface area contributed by atoms with Crippen LogP contribution >= 0.6 is 0 Å². The summed E-state index contributed by atoms with van der Waals surface area (Å²) in [4.78, 5) is 0.107. The zero-order chi connectivity index (χ0) is 16.7. The van der Waals surface area contributed by atoms with E-state index in [1.165, 1.54) is 6.07 Å². The Bertz CT molecular complexity index is 716. The van der Waals surface area contributed by atoms with Crippen molar-refractivity contribution in [3.8, 4) is 5.75 Å². The minimum Gasteiger partial charge on any atom is -0.492 e. The van der Waals surface area contributed by atoms with Crippen LogP contribution in [0.1, 0.15) is 25.0 Å². The summed E-state index contributed by atoms with van der Waals surface area (Å²) in [5, 5.41) is 10.1. The summed E-state index contributed by atoms with van der Waals surface area (Å²) in [6.45, 7) is 2.32. The van der Waals surface area contributed by atoms with Crippen molar-refractivity contribution in [3.05, 3.63) is 60.2 Å². The van der Waals surface area contributed by atoms with Gasteiger partial charge >= 0.3 is 0 Å². The van der Waals surface area contributed by atoms with Gasteiger partial charge in [-0.25, -0.2) is 13.1 Å². The lowest BCUT2D eigenvalue weighted by atomic mass is 10.1. The molecule has 0 bridgehead atoms. The second-order valence-electron chi connectivity index (χ2n) is 4.99. The Kier molecular flexibility index (Phi) is 6.15. The highest BCUT2D eigenvalue weighted by molar-refractivity contribution is 7.89. The Labute approximate surface area is 137 Å². The quantitative estimate of drug-likeness (QED) is 0.777. The topological polar surface area (TPSA) is 75.6 Å². The summed E-state index contributed by atoms with van der Waals surface area (Å²) in [6, 6.07) is 15.6. The van der Waals surface area contributed by atoms with Crippen LogP contribution in [0.25, 0.3) is 0 Å². The Morgan fingerprint density at radius 1 is 1.09 bits per heavy atom. The SMILES string of the molecule is CCOc1ccccc1S(=O)(=O)NCC[C@H](O)c1ccccc1. The summed E-state index contributed by atoms with van der Waals surface area (Å²) in [6.07, 6.45) is -0.416. The summed E-state index contributed by atoms with van der Waals surface area (Å²) >= 11 is 0. The van der Waals surface area contributed by atoms with Crippen LogP contribution in [0.5, 0.6) is 5.75 Å². The largest absolute Gasteiger partial charge is 0.492 e. The maximum Gasteiger partial charge on any atom is 0.244 e. The molecule has 2 N–H and O–H groups in total. The third-order valence-corrected chi connectivity index (χ3v) is 4.83. The summed E-state index contributed by atoms with van der Waals surface area (Å²) < 4.78 is 32.6. The van der Waals surface area contributed by atoms with E-state index in [4.69, 9.17) is 4.74 Å². The Hall–Kier alpha value is -1.89. The molecule has 1 atom stereocenters. The first-order valence-electron chi connectivity index (χ1n) is 7.49. The Balaban J connectivity index is 2.00. The molecule has 0 unspecified atom stereocenters. The lowest BCUT2D eigenvalue weighted by molar-refractivity contribution is 0.169. The van der Waals surface area contributed by atoms with E-state index >= 15 is 0 Å². The predicted octanol–water partition coefficient (Wildman–Crippen LogP) is 2.49. The molecule has 0 saturated heterocycles. The van der Waals surface area contributed by atoms with E-state index in [-0.39, 0.29) is 11.4 Å². The fraction of sp³-hybridized carbons (Fsp3) is 0.294. The number of aliphatic hydroxyl groups is 1. The van der Waals surface area contributed by atoms with Crippen molar-refractivity contribution in [1.82, 2.24) is 4.72 Å². The van der Waals surface area contributed by atoms with Crippen molar-refractivity contribution in [2.24, 2.45) is 0 Å². The number of rotatable bonds is 8. The van der Waals surface area contributed by atoms with Crippen molar-refractivity contribution in [3.63, 3.8) is 0 Å². The molecule has 0 fully saturated rings. The highest BCUT2D eigenvalue weighted by Gasteiger charge is 2.19. The van der Waals surface area contributed by atoms with Crippen LogP contribution in [0.3, 0.4) is 0 Å². The van der Waals surface area contributed by atoms with E-state index in [0.29, 0.717) is 18.8 Å². The molecule has 0 aliphatic rings. The van der Waals surface area contributed by atoms with Crippen LogP contribution in [0.4, 0.5) is 0 Å². The van der Waals surface area contributed by atoms with Gasteiger partial charge in [0.05, 0.1) is 12.7 Å². The minimum absolute atomic E-state index is 0.107. The maximum atomic E-state index is 12.4. The molecular weight excluding hydrogens is 314 g/mol. The molecule has 2 aromatic rings. The normalized spacial score (nSPS) is 12.8. The number of sulfonamides is 1. The molecule has 0 aromatic heterocycles. The van der Waals surface area contributed by atoms with E-state index in [1.54, 1.807) is 25.1 Å². The van der Waals surface area contributed by atoms with Gasteiger partial charge in [0.15, 0.2) is 0 Å². The van der Waals surface area contributed by atoms with E-state index in [2.05, 4.69) is 4.72 Å². The van der Waals surface area contributed by atoms with Gasteiger partial charge in [-0.2, -0.15) is 0 Å². The number of hydrogen-bond donors (Lipinski definition) is 2. The van der Waals surface area contributed by atoms with Crippen LogP contribution in [0.15, 0.2) is 59.5 Å². The second kappa shape index (κ2) is 8.10. The number of ether oxygens (including phenoxy) is 1. The molecule has 124 valence electrons. The van der Waals surface area contributed by atoms with E-state index < -0.39 is 16.1 Å². The first kappa shape index (κ1) is 17.5. The van der Waals surface area contributed by atoms with Crippen LogP contribution in [-0.4, -0.2) is 26.7 Å². The Morgan fingerprint density at radius 3 is 2.43 bits per heavy atom. The predicted molar refractivity (Wildman–Crippen MR) is 88.8 cm³/mol. The van der Waals surface area contributed by atoms with Crippen molar-refractivity contribution in [2.75, 3.05) is 13.2 Å². The molecule has 2 aromatic carbocycles. The van der Waals surface area contributed by atoms with Gasteiger partial charge in [-0.1, -0.05) is 42.5 Å². The molecular formula is C17H21NO4S. The first-order valence-corrected chi connectivity index (χ1v) is 8.97. The molecule has 0 heterocycles. The van der Waals surface area contributed by atoms with Crippen LogP contribution < -0.4 is 9.46 Å². The Morgan fingerprint density at radius 2 is 1.74 bits per heavy atom. The van der Waals surface area contributed by atoms with Gasteiger partial charge < -0.3 is 9.84 Å². The first-order chi connectivity index (χ1) is 11.0. The number of para-hydroxylation sites is 1. The average Bonchev–Trinajstić information content (AvgIpc) is 2.56. The fourth-order valence-corrected chi connectivity index (χ4v) is 3.39. The number of nitrogens with one attached hydrogen (secondary N) is 1. The van der Waals surface area contributed by atoms with Crippen LogP contribution in [0, 0.1) is 0 Å². The van der Waals surface area contributed by atoms with Crippen molar-refractivity contribution in [1.29, 1.82) is 0 Å².